The van der Waals surface area contributed by atoms with Crippen molar-refractivity contribution in [3.05, 3.63) is 9.78 Å². The third-order valence-electron chi connectivity index (χ3n) is 0.542. The quantitative estimate of drug-likeness (QED) is 0.336. The standard InChI is InChI=1S/C5H8INO2/c1-2-9-5(8)3-4(6)7/h3H,2,7H2,1H3/b4-3+. The number of nitrogens with two attached hydrogens (primary N) is 1. The second-order valence-electron chi connectivity index (χ2n) is 1.28. The molecule has 0 saturated heterocycles. The molecular formula is C5H8INO2. The van der Waals surface area contributed by atoms with E-state index >= 15 is 0 Å². The number of hydrogen-bond acceptors (Lipinski definition) is 3. The Bertz CT molecular complexity index is 129. The van der Waals surface area contributed by atoms with Crippen LogP contribution in [-0.4, -0.2) is 12.6 Å². The Morgan fingerprint density at radius 3 is 2.78 bits per heavy atom. The van der Waals surface area contributed by atoms with Crippen LogP contribution in [0.1, 0.15) is 6.92 Å². The monoisotopic (exact) mass is 241 g/mol. The van der Waals surface area contributed by atoms with E-state index in [2.05, 4.69) is 4.74 Å². The van der Waals surface area contributed by atoms with E-state index in [1.54, 1.807) is 6.92 Å². The molecule has 0 aliphatic carbocycles. The third-order valence-corrected chi connectivity index (χ3v) is 0.854. The molecule has 2 N–H and O–H groups in total. The largest absolute Gasteiger partial charge is 0.463 e. The zero-order valence-electron chi connectivity index (χ0n) is 5.06. The summed E-state index contributed by atoms with van der Waals surface area (Å²) in [6, 6.07) is 0. The minimum Gasteiger partial charge on any atom is -0.463 e. The molecule has 0 fully saturated rings. The average molecular weight is 241 g/mol. The summed E-state index contributed by atoms with van der Waals surface area (Å²) in [4.78, 5) is 10.5. The van der Waals surface area contributed by atoms with Crippen molar-refractivity contribution < 1.29 is 9.53 Å². The summed E-state index contributed by atoms with van der Waals surface area (Å²) in [6.07, 6.45) is 1.24. The van der Waals surface area contributed by atoms with Crippen molar-refractivity contribution >= 4 is 28.6 Å². The second-order valence-corrected chi connectivity index (χ2v) is 2.53. The SMILES string of the molecule is CCOC(=O)/C=C(/N)I. The van der Waals surface area contributed by atoms with E-state index in [0.717, 1.165) is 0 Å². The van der Waals surface area contributed by atoms with Crippen molar-refractivity contribution in [3.63, 3.8) is 0 Å². The Morgan fingerprint density at radius 1 is 1.89 bits per heavy atom. The number of halogens is 1. The van der Waals surface area contributed by atoms with Crippen molar-refractivity contribution in [1.29, 1.82) is 0 Å². The first kappa shape index (κ1) is 8.74. The molecule has 0 aromatic rings. The van der Waals surface area contributed by atoms with Crippen molar-refractivity contribution in [2.24, 2.45) is 5.73 Å². The number of rotatable bonds is 2. The molecule has 52 valence electrons. The molecule has 9 heavy (non-hydrogen) atoms. The topological polar surface area (TPSA) is 52.3 Å². The van der Waals surface area contributed by atoms with Gasteiger partial charge in [0.15, 0.2) is 0 Å². The van der Waals surface area contributed by atoms with Gasteiger partial charge in [-0.3, -0.25) is 0 Å². The summed E-state index contributed by atoms with van der Waals surface area (Å²) in [5.74, 6) is -0.385. The van der Waals surface area contributed by atoms with E-state index in [9.17, 15) is 4.79 Å². The van der Waals surface area contributed by atoms with Gasteiger partial charge in [0.1, 0.15) is 0 Å². The molecular weight excluding hydrogens is 233 g/mol. The van der Waals surface area contributed by atoms with Crippen LogP contribution in [0.5, 0.6) is 0 Å². The zero-order valence-corrected chi connectivity index (χ0v) is 7.21. The van der Waals surface area contributed by atoms with Gasteiger partial charge in [-0.25, -0.2) is 4.79 Å². The minimum absolute atomic E-state index is 0.385. The molecule has 0 bridgehead atoms. The van der Waals surface area contributed by atoms with E-state index < -0.39 is 0 Å². The van der Waals surface area contributed by atoms with Crippen LogP contribution >= 0.6 is 22.6 Å². The van der Waals surface area contributed by atoms with Crippen molar-refractivity contribution in [3.8, 4) is 0 Å². The van der Waals surface area contributed by atoms with Crippen LogP contribution < -0.4 is 5.73 Å². The Hall–Kier alpha value is -0.260. The van der Waals surface area contributed by atoms with E-state index in [1.807, 2.05) is 22.6 Å². The fourth-order valence-electron chi connectivity index (χ4n) is 0.297. The molecule has 0 radical (unpaired) electrons. The number of ether oxygens (including phenoxy) is 1. The lowest BCUT2D eigenvalue weighted by molar-refractivity contribution is -0.137. The smallest absolute Gasteiger partial charge is 0.333 e. The van der Waals surface area contributed by atoms with Crippen molar-refractivity contribution in [2.75, 3.05) is 6.61 Å². The van der Waals surface area contributed by atoms with Gasteiger partial charge in [0.05, 0.1) is 16.4 Å². The number of carbonyl (C=O) groups excluding carboxylic acids is 1. The maximum absolute atomic E-state index is 10.5. The van der Waals surface area contributed by atoms with Gasteiger partial charge >= 0.3 is 5.97 Å². The van der Waals surface area contributed by atoms with Crippen LogP contribution in [0.15, 0.2) is 9.78 Å². The molecule has 0 aromatic carbocycles. The summed E-state index contributed by atoms with van der Waals surface area (Å²) in [5.41, 5.74) is 5.17. The first-order valence-corrected chi connectivity index (χ1v) is 3.54. The van der Waals surface area contributed by atoms with E-state index in [0.29, 0.717) is 10.3 Å². The summed E-state index contributed by atoms with van der Waals surface area (Å²) in [5, 5.41) is 0. The Labute approximate surface area is 67.4 Å². The molecule has 0 spiro atoms. The Morgan fingerprint density at radius 2 is 2.44 bits per heavy atom. The lowest BCUT2D eigenvalue weighted by Gasteiger charge is -1.93. The highest BCUT2D eigenvalue weighted by molar-refractivity contribution is 14.1. The molecule has 0 unspecified atom stereocenters. The van der Waals surface area contributed by atoms with Crippen LogP contribution in [0.2, 0.25) is 0 Å². The molecule has 0 amide bonds. The second kappa shape index (κ2) is 4.60. The Balaban J connectivity index is 3.63. The van der Waals surface area contributed by atoms with Crippen LogP contribution in [0.25, 0.3) is 0 Å². The van der Waals surface area contributed by atoms with Gasteiger partial charge in [-0.05, 0) is 29.5 Å². The highest BCUT2D eigenvalue weighted by Gasteiger charge is 1.93. The highest BCUT2D eigenvalue weighted by atomic mass is 127. The molecule has 0 atom stereocenters. The van der Waals surface area contributed by atoms with E-state index in [-0.39, 0.29) is 5.97 Å². The highest BCUT2D eigenvalue weighted by Crippen LogP contribution is 1.95. The van der Waals surface area contributed by atoms with Gasteiger partial charge in [-0.1, -0.05) is 0 Å². The Kier molecular flexibility index (Phi) is 4.47. The van der Waals surface area contributed by atoms with Gasteiger partial charge < -0.3 is 10.5 Å². The predicted molar refractivity (Wildman–Crippen MR) is 42.9 cm³/mol. The maximum Gasteiger partial charge on any atom is 0.333 e. The lowest BCUT2D eigenvalue weighted by atomic mass is 10.6. The summed E-state index contributed by atoms with van der Waals surface area (Å²) < 4.78 is 4.99. The predicted octanol–water partition coefficient (Wildman–Crippen LogP) is 0.785. The first-order chi connectivity index (χ1) is 4.16. The molecule has 3 nitrogen and oxygen atoms in total. The summed E-state index contributed by atoms with van der Waals surface area (Å²) >= 11 is 1.84. The van der Waals surface area contributed by atoms with E-state index in [4.69, 9.17) is 5.73 Å². The van der Waals surface area contributed by atoms with E-state index in [1.165, 1.54) is 6.08 Å². The zero-order chi connectivity index (χ0) is 7.28. The summed E-state index contributed by atoms with van der Waals surface area (Å²) in [7, 11) is 0. The van der Waals surface area contributed by atoms with Crippen LogP contribution in [0, 0.1) is 0 Å². The van der Waals surface area contributed by atoms with Gasteiger partial charge in [-0.15, -0.1) is 0 Å². The molecule has 0 rings (SSSR count). The molecule has 0 aliphatic rings. The third kappa shape index (κ3) is 5.61. The average Bonchev–Trinajstić information content (AvgIpc) is 1.63. The van der Waals surface area contributed by atoms with Gasteiger partial charge in [-0.2, -0.15) is 0 Å². The molecule has 0 heterocycles. The molecule has 0 aromatic heterocycles. The van der Waals surface area contributed by atoms with Crippen molar-refractivity contribution in [1.82, 2.24) is 0 Å². The van der Waals surface area contributed by atoms with Crippen molar-refractivity contribution in [2.45, 2.75) is 6.92 Å². The first-order valence-electron chi connectivity index (χ1n) is 2.46. The van der Waals surface area contributed by atoms with Gasteiger partial charge in [0, 0.05) is 0 Å². The molecule has 0 saturated carbocycles. The van der Waals surface area contributed by atoms with Crippen LogP contribution in [0.4, 0.5) is 0 Å². The normalized spacial score (nSPS) is 11.1. The van der Waals surface area contributed by atoms with Gasteiger partial charge in [0.2, 0.25) is 0 Å². The number of carbonyl (C=O) groups is 1. The maximum atomic E-state index is 10.5. The number of esters is 1. The molecule has 0 aliphatic heterocycles. The fourth-order valence-corrected chi connectivity index (χ4v) is 0.551. The number of hydrogen-bond donors (Lipinski definition) is 1. The fraction of sp³-hybridized carbons (Fsp3) is 0.400. The van der Waals surface area contributed by atoms with Crippen LogP contribution in [-0.2, 0) is 9.53 Å². The summed E-state index contributed by atoms with van der Waals surface area (Å²) in [6.45, 7) is 2.13. The van der Waals surface area contributed by atoms with Gasteiger partial charge in [0.25, 0.3) is 0 Å². The minimum atomic E-state index is -0.385. The molecule has 4 heteroatoms. The van der Waals surface area contributed by atoms with Crippen LogP contribution in [0.3, 0.4) is 0 Å². The lowest BCUT2D eigenvalue weighted by Crippen LogP contribution is -2.01.